The zero-order valence-electron chi connectivity index (χ0n) is 12.6. The minimum Gasteiger partial charge on any atom is -0.496 e. The molecule has 1 heterocycles. The van der Waals surface area contributed by atoms with Gasteiger partial charge in [0.05, 0.1) is 7.11 Å². The summed E-state index contributed by atoms with van der Waals surface area (Å²) in [6.45, 7) is 3.17. The Morgan fingerprint density at radius 2 is 2.19 bits per heavy atom. The Morgan fingerprint density at radius 1 is 1.33 bits per heavy atom. The molecule has 1 N–H and O–H groups in total. The number of hydrogen-bond acceptors (Lipinski definition) is 3. The summed E-state index contributed by atoms with van der Waals surface area (Å²) >= 11 is 7.98. The number of hydrogen-bond donors (Lipinski definition) is 1. The first-order chi connectivity index (χ1) is 10.2. The van der Waals surface area contributed by atoms with Gasteiger partial charge in [0.15, 0.2) is 0 Å². The van der Waals surface area contributed by atoms with E-state index in [0.29, 0.717) is 0 Å². The number of benzene rings is 1. The Labute approximate surface area is 136 Å². The van der Waals surface area contributed by atoms with E-state index in [1.807, 2.05) is 29.5 Å². The molecule has 1 aromatic heterocycles. The standard InChI is InChI=1S/C17H22ClNOS/c1-3-10-19-16(8-7-14-5-4-11-21-14)15-12-13(18)6-9-17(15)20-2/h4-6,9,11-12,16,19H,3,7-8,10H2,1-2H3. The summed E-state index contributed by atoms with van der Waals surface area (Å²) in [5.41, 5.74) is 1.15. The van der Waals surface area contributed by atoms with E-state index in [1.54, 1.807) is 7.11 Å². The fraction of sp³-hybridized carbons (Fsp3) is 0.412. The van der Waals surface area contributed by atoms with Gasteiger partial charge in [-0.3, -0.25) is 0 Å². The third-order valence-corrected chi connectivity index (χ3v) is 4.64. The molecule has 0 bridgehead atoms. The lowest BCUT2D eigenvalue weighted by Gasteiger charge is -2.21. The lowest BCUT2D eigenvalue weighted by molar-refractivity contribution is 0.395. The molecule has 21 heavy (non-hydrogen) atoms. The lowest BCUT2D eigenvalue weighted by Crippen LogP contribution is -2.23. The zero-order valence-corrected chi connectivity index (χ0v) is 14.1. The Hall–Kier alpha value is -1.03. The summed E-state index contributed by atoms with van der Waals surface area (Å²) in [7, 11) is 1.71. The quantitative estimate of drug-likeness (QED) is 0.731. The van der Waals surface area contributed by atoms with E-state index in [-0.39, 0.29) is 6.04 Å². The lowest BCUT2D eigenvalue weighted by atomic mass is 10.00. The van der Waals surface area contributed by atoms with Gasteiger partial charge >= 0.3 is 0 Å². The van der Waals surface area contributed by atoms with Crippen LogP contribution in [0.5, 0.6) is 5.75 Å². The highest BCUT2D eigenvalue weighted by molar-refractivity contribution is 7.09. The Bertz CT molecular complexity index is 542. The van der Waals surface area contributed by atoms with Crippen LogP contribution in [-0.2, 0) is 6.42 Å². The molecule has 2 aromatic rings. The van der Waals surface area contributed by atoms with Crippen LogP contribution < -0.4 is 10.1 Å². The smallest absolute Gasteiger partial charge is 0.123 e. The fourth-order valence-corrected chi connectivity index (χ4v) is 3.31. The molecule has 0 saturated carbocycles. The topological polar surface area (TPSA) is 21.3 Å². The first kappa shape index (κ1) is 16.3. The van der Waals surface area contributed by atoms with Crippen LogP contribution in [0.25, 0.3) is 0 Å². The van der Waals surface area contributed by atoms with Gasteiger partial charge in [-0.25, -0.2) is 0 Å². The summed E-state index contributed by atoms with van der Waals surface area (Å²) < 4.78 is 5.50. The van der Waals surface area contributed by atoms with Crippen molar-refractivity contribution in [2.24, 2.45) is 0 Å². The van der Waals surface area contributed by atoms with Crippen LogP contribution in [0.3, 0.4) is 0 Å². The molecular formula is C17H22ClNOS. The predicted octanol–water partition coefficient (Wildman–Crippen LogP) is 5.08. The third kappa shape index (κ3) is 4.73. The van der Waals surface area contributed by atoms with Crippen molar-refractivity contribution in [2.75, 3.05) is 13.7 Å². The molecule has 0 aliphatic carbocycles. The highest BCUT2D eigenvalue weighted by Crippen LogP contribution is 2.31. The number of rotatable bonds is 8. The van der Waals surface area contributed by atoms with E-state index in [4.69, 9.17) is 16.3 Å². The number of aryl methyl sites for hydroxylation is 1. The van der Waals surface area contributed by atoms with E-state index in [2.05, 4.69) is 29.8 Å². The molecule has 1 aromatic carbocycles. The molecule has 0 spiro atoms. The first-order valence-corrected chi connectivity index (χ1v) is 8.59. The second-order valence-corrected chi connectivity index (χ2v) is 6.48. The van der Waals surface area contributed by atoms with E-state index < -0.39 is 0 Å². The maximum Gasteiger partial charge on any atom is 0.123 e. The van der Waals surface area contributed by atoms with Crippen LogP contribution in [0.4, 0.5) is 0 Å². The van der Waals surface area contributed by atoms with Gasteiger partial charge in [0.1, 0.15) is 5.75 Å². The summed E-state index contributed by atoms with van der Waals surface area (Å²) in [4.78, 5) is 1.42. The van der Waals surface area contributed by atoms with Gasteiger partial charge < -0.3 is 10.1 Å². The van der Waals surface area contributed by atoms with Gasteiger partial charge in [-0.1, -0.05) is 24.6 Å². The molecule has 1 atom stereocenters. The second kappa shape index (κ2) is 8.42. The van der Waals surface area contributed by atoms with Gasteiger partial charge in [-0.05, 0) is 55.5 Å². The summed E-state index contributed by atoms with van der Waals surface area (Å²) in [5.74, 6) is 0.902. The minimum atomic E-state index is 0.265. The monoisotopic (exact) mass is 323 g/mol. The number of halogens is 1. The number of thiophene rings is 1. The van der Waals surface area contributed by atoms with Crippen molar-refractivity contribution in [1.29, 1.82) is 0 Å². The minimum absolute atomic E-state index is 0.265. The van der Waals surface area contributed by atoms with Crippen molar-refractivity contribution in [1.82, 2.24) is 5.32 Å². The van der Waals surface area contributed by atoms with Crippen molar-refractivity contribution in [3.05, 3.63) is 51.2 Å². The van der Waals surface area contributed by atoms with Crippen LogP contribution in [0.2, 0.25) is 5.02 Å². The van der Waals surface area contributed by atoms with Crippen molar-refractivity contribution >= 4 is 22.9 Å². The molecule has 0 aliphatic heterocycles. The van der Waals surface area contributed by atoms with Gasteiger partial charge in [-0.15, -0.1) is 11.3 Å². The molecule has 1 unspecified atom stereocenters. The fourth-order valence-electron chi connectivity index (χ4n) is 2.41. The molecule has 2 nitrogen and oxygen atoms in total. The second-order valence-electron chi connectivity index (χ2n) is 5.01. The van der Waals surface area contributed by atoms with Crippen LogP contribution in [0.1, 0.15) is 36.2 Å². The molecule has 0 radical (unpaired) electrons. The third-order valence-electron chi connectivity index (χ3n) is 3.47. The Kier molecular flexibility index (Phi) is 6.55. The molecule has 0 aliphatic rings. The maximum atomic E-state index is 6.17. The molecule has 0 amide bonds. The predicted molar refractivity (Wildman–Crippen MR) is 91.7 cm³/mol. The largest absolute Gasteiger partial charge is 0.496 e. The zero-order chi connectivity index (χ0) is 15.1. The van der Waals surface area contributed by atoms with Gasteiger partial charge in [-0.2, -0.15) is 0 Å². The van der Waals surface area contributed by atoms with Crippen LogP contribution in [0, 0.1) is 0 Å². The van der Waals surface area contributed by atoms with Crippen LogP contribution >= 0.6 is 22.9 Å². The van der Waals surface area contributed by atoms with Crippen molar-refractivity contribution in [3.63, 3.8) is 0 Å². The molecule has 114 valence electrons. The number of ether oxygens (including phenoxy) is 1. The van der Waals surface area contributed by atoms with Crippen molar-refractivity contribution in [2.45, 2.75) is 32.2 Å². The highest BCUT2D eigenvalue weighted by atomic mass is 35.5. The van der Waals surface area contributed by atoms with Crippen LogP contribution in [0.15, 0.2) is 35.7 Å². The average molecular weight is 324 g/mol. The molecule has 0 saturated heterocycles. The highest BCUT2D eigenvalue weighted by Gasteiger charge is 2.16. The van der Waals surface area contributed by atoms with Gasteiger partial charge in [0, 0.05) is 21.5 Å². The summed E-state index contributed by atoms with van der Waals surface area (Å²) in [6, 6.07) is 10.4. The summed E-state index contributed by atoms with van der Waals surface area (Å²) in [5, 5.41) is 6.50. The van der Waals surface area contributed by atoms with Crippen LogP contribution in [-0.4, -0.2) is 13.7 Å². The van der Waals surface area contributed by atoms with Gasteiger partial charge in [0.2, 0.25) is 0 Å². The van der Waals surface area contributed by atoms with E-state index in [0.717, 1.165) is 42.1 Å². The average Bonchev–Trinajstić information content (AvgIpc) is 3.01. The Balaban J connectivity index is 2.16. The molecule has 2 rings (SSSR count). The molecular weight excluding hydrogens is 302 g/mol. The summed E-state index contributed by atoms with van der Waals surface area (Å²) in [6.07, 6.45) is 3.21. The van der Waals surface area contributed by atoms with E-state index in [1.165, 1.54) is 4.88 Å². The van der Waals surface area contributed by atoms with Crippen molar-refractivity contribution in [3.8, 4) is 5.75 Å². The van der Waals surface area contributed by atoms with E-state index in [9.17, 15) is 0 Å². The Morgan fingerprint density at radius 3 is 2.86 bits per heavy atom. The SMILES string of the molecule is CCCNC(CCc1cccs1)c1cc(Cl)ccc1OC. The normalized spacial score (nSPS) is 12.3. The first-order valence-electron chi connectivity index (χ1n) is 7.33. The molecule has 4 heteroatoms. The number of methoxy groups -OCH3 is 1. The van der Waals surface area contributed by atoms with Crippen molar-refractivity contribution < 1.29 is 4.74 Å². The maximum absolute atomic E-state index is 6.17. The number of nitrogens with one attached hydrogen (secondary N) is 1. The van der Waals surface area contributed by atoms with Gasteiger partial charge in [0.25, 0.3) is 0 Å². The van der Waals surface area contributed by atoms with E-state index >= 15 is 0 Å². The molecule has 0 fully saturated rings.